The molecule has 0 unspecified atom stereocenters. The Balaban J connectivity index is 1.72. The number of nitrogens with zero attached hydrogens (tertiary/aromatic N) is 1. The summed E-state index contributed by atoms with van der Waals surface area (Å²) in [6.07, 6.45) is 7.10. The molecule has 1 aliphatic carbocycles. The Morgan fingerprint density at radius 1 is 1.26 bits per heavy atom. The highest BCUT2D eigenvalue weighted by molar-refractivity contribution is 5.95. The van der Waals surface area contributed by atoms with Crippen LogP contribution in [0.2, 0.25) is 0 Å². The van der Waals surface area contributed by atoms with Gasteiger partial charge >= 0.3 is 5.97 Å². The van der Waals surface area contributed by atoms with Gasteiger partial charge in [0.25, 0.3) is 5.91 Å². The Labute approximate surface area is 111 Å². The average molecular weight is 263 g/mol. The van der Waals surface area contributed by atoms with Crippen molar-refractivity contribution < 1.29 is 19.1 Å². The molecule has 1 aromatic heterocycles. The molecule has 5 nitrogen and oxygen atoms in total. The van der Waals surface area contributed by atoms with Crippen molar-refractivity contribution in [1.29, 1.82) is 0 Å². The molecule has 1 saturated heterocycles. The van der Waals surface area contributed by atoms with Crippen LogP contribution in [0.5, 0.6) is 0 Å². The standard InChI is InChI=1S/C14H17NO4/c16-12(11-7-10(8-19-11)13(17)18)15-6-5-14(9-15)3-1-2-4-14/h7-8H,1-6,9H2,(H,17,18). The second-order valence-electron chi connectivity index (χ2n) is 5.69. The number of rotatable bonds is 2. The van der Waals surface area contributed by atoms with E-state index in [1.165, 1.54) is 31.7 Å². The van der Waals surface area contributed by atoms with Gasteiger partial charge in [-0.25, -0.2) is 4.79 Å². The highest BCUT2D eigenvalue weighted by Gasteiger charge is 2.42. The fraction of sp³-hybridized carbons (Fsp3) is 0.571. The summed E-state index contributed by atoms with van der Waals surface area (Å²) in [5.74, 6) is -1.12. The number of likely N-dealkylation sites (tertiary alicyclic amines) is 1. The molecule has 2 aliphatic rings. The lowest BCUT2D eigenvalue weighted by molar-refractivity contribution is 0.0694. The second-order valence-corrected chi connectivity index (χ2v) is 5.69. The smallest absolute Gasteiger partial charge is 0.338 e. The van der Waals surface area contributed by atoms with E-state index >= 15 is 0 Å². The summed E-state index contributed by atoms with van der Waals surface area (Å²) in [7, 11) is 0. The van der Waals surface area contributed by atoms with Crippen molar-refractivity contribution in [2.45, 2.75) is 32.1 Å². The number of hydrogen-bond acceptors (Lipinski definition) is 3. The van der Waals surface area contributed by atoms with Crippen molar-refractivity contribution in [3.05, 3.63) is 23.7 Å². The Kier molecular flexibility index (Phi) is 2.84. The van der Waals surface area contributed by atoms with Crippen LogP contribution in [0, 0.1) is 5.41 Å². The van der Waals surface area contributed by atoms with Gasteiger partial charge in [-0.3, -0.25) is 4.79 Å². The van der Waals surface area contributed by atoms with Crippen LogP contribution < -0.4 is 0 Å². The van der Waals surface area contributed by atoms with Gasteiger partial charge in [0.15, 0.2) is 5.76 Å². The van der Waals surface area contributed by atoms with E-state index in [1.807, 2.05) is 0 Å². The fourth-order valence-corrected chi connectivity index (χ4v) is 3.36. The maximum atomic E-state index is 12.3. The largest absolute Gasteiger partial charge is 0.478 e. The van der Waals surface area contributed by atoms with Crippen LogP contribution in [0.3, 0.4) is 0 Å². The zero-order valence-electron chi connectivity index (χ0n) is 10.7. The molecule has 5 heteroatoms. The van der Waals surface area contributed by atoms with Crippen LogP contribution in [0.4, 0.5) is 0 Å². The number of hydrogen-bond donors (Lipinski definition) is 1. The number of carboxylic acids is 1. The summed E-state index contributed by atoms with van der Waals surface area (Å²) >= 11 is 0. The molecule has 3 rings (SSSR count). The maximum Gasteiger partial charge on any atom is 0.338 e. The first-order valence-corrected chi connectivity index (χ1v) is 6.71. The van der Waals surface area contributed by atoms with Crippen LogP contribution in [-0.2, 0) is 0 Å². The van der Waals surface area contributed by atoms with E-state index in [1.54, 1.807) is 4.90 Å². The van der Waals surface area contributed by atoms with E-state index in [2.05, 4.69) is 0 Å². The van der Waals surface area contributed by atoms with E-state index in [0.29, 0.717) is 5.41 Å². The molecular formula is C14H17NO4. The predicted molar refractivity (Wildman–Crippen MR) is 67.1 cm³/mol. The average Bonchev–Trinajstić information content (AvgIpc) is 3.11. The first kappa shape index (κ1) is 12.3. The summed E-state index contributed by atoms with van der Waals surface area (Å²) in [4.78, 5) is 24.8. The van der Waals surface area contributed by atoms with E-state index in [0.717, 1.165) is 25.8 Å². The summed E-state index contributed by atoms with van der Waals surface area (Å²) in [6.45, 7) is 1.54. The SMILES string of the molecule is O=C(O)c1coc(C(=O)N2CCC3(CCCC3)C2)c1. The number of amides is 1. The summed E-state index contributed by atoms with van der Waals surface area (Å²) in [6, 6.07) is 1.31. The van der Waals surface area contributed by atoms with Gasteiger partial charge in [-0.2, -0.15) is 0 Å². The van der Waals surface area contributed by atoms with Gasteiger partial charge in [-0.05, 0) is 24.7 Å². The normalized spacial score (nSPS) is 21.2. The van der Waals surface area contributed by atoms with Crippen LogP contribution in [0.25, 0.3) is 0 Å². The summed E-state index contributed by atoms with van der Waals surface area (Å²) in [5, 5.41) is 8.83. The van der Waals surface area contributed by atoms with Gasteiger partial charge in [-0.15, -0.1) is 0 Å². The Morgan fingerprint density at radius 3 is 2.63 bits per heavy atom. The van der Waals surface area contributed by atoms with Crippen LogP contribution in [-0.4, -0.2) is 35.0 Å². The molecular weight excluding hydrogens is 246 g/mol. The van der Waals surface area contributed by atoms with Gasteiger partial charge in [0.05, 0.1) is 5.56 Å². The minimum absolute atomic E-state index is 0.0260. The zero-order valence-corrected chi connectivity index (χ0v) is 10.7. The molecule has 2 fully saturated rings. The highest BCUT2D eigenvalue weighted by atomic mass is 16.4. The lowest BCUT2D eigenvalue weighted by atomic mass is 9.86. The molecule has 0 aromatic carbocycles. The Morgan fingerprint density at radius 2 is 2.00 bits per heavy atom. The Bertz CT molecular complexity index is 513. The van der Waals surface area contributed by atoms with Crippen molar-refractivity contribution in [1.82, 2.24) is 4.90 Å². The number of carbonyl (C=O) groups is 2. The summed E-state index contributed by atoms with van der Waals surface area (Å²) in [5.41, 5.74) is 0.343. The van der Waals surface area contributed by atoms with E-state index < -0.39 is 5.97 Å². The summed E-state index contributed by atoms with van der Waals surface area (Å²) < 4.78 is 5.08. The molecule has 1 aliphatic heterocycles. The molecule has 0 atom stereocenters. The third-order valence-corrected chi connectivity index (χ3v) is 4.45. The molecule has 0 bridgehead atoms. The molecule has 1 amide bonds. The lowest BCUT2D eigenvalue weighted by Gasteiger charge is -2.22. The minimum Gasteiger partial charge on any atom is -0.478 e. The number of carboxylic acid groups (broad SMARTS) is 1. The van der Waals surface area contributed by atoms with Crippen LogP contribution >= 0.6 is 0 Å². The predicted octanol–water partition coefficient (Wildman–Crippen LogP) is 2.38. The van der Waals surface area contributed by atoms with Crippen molar-refractivity contribution in [2.75, 3.05) is 13.1 Å². The fourth-order valence-electron chi connectivity index (χ4n) is 3.36. The topological polar surface area (TPSA) is 70.7 Å². The van der Waals surface area contributed by atoms with Gasteiger partial charge in [-0.1, -0.05) is 12.8 Å². The molecule has 2 heterocycles. The molecule has 0 radical (unpaired) electrons. The molecule has 1 spiro atoms. The molecule has 1 N–H and O–H groups in total. The van der Waals surface area contributed by atoms with Gasteiger partial charge < -0.3 is 14.4 Å². The third-order valence-electron chi connectivity index (χ3n) is 4.45. The third kappa shape index (κ3) is 2.13. The van der Waals surface area contributed by atoms with E-state index in [-0.39, 0.29) is 17.2 Å². The Hall–Kier alpha value is -1.78. The minimum atomic E-state index is -1.07. The van der Waals surface area contributed by atoms with Crippen molar-refractivity contribution in [3.8, 4) is 0 Å². The molecule has 19 heavy (non-hydrogen) atoms. The van der Waals surface area contributed by atoms with E-state index in [4.69, 9.17) is 9.52 Å². The quantitative estimate of drug-likeness (QED) is 0.889. The van der Waals surface area contributed by atoms with Gasteiger partial charge in [0, 0.05) is 19.2 Å². The number of carbonyl (C=O) groups excluding carboxylic acids is 1. The monoisotopic (exact) mass is 263 g/mol. The van der Waals surface area contributed by atoms with Gasteiger partial charge in [0.1, 0.15) is 6.26 Å². The first-order valence-electron chi connectivity index (χ1n) is 6.71. The van der Waals surface area contributed by atoms with Crippen molar-refractivity contribution >= 4 is 11.9 Å². The highest BCUT2D eigenvalue weighted by Crippen LogP contribution is 2.45. The zero-order chi connectivity index (χ0) is 13.5. The maximum absolute atomic E-state index is 12.3. The number of aromatic carboxylic acids is 1. The van der Waals surface area contributed by atoms with Crippen LogP contribution in [0.15, 0.2) is 16.7 Å². The van der Waals surface area contributed by atoms with Crippen LogP contribution in [0.1, 0.15) is 53.0 Å². The molecule has 102 valence electrons. The first-order chi connectivity index (χ1) is 9.10. The number of furan rings is 1. The van der Waals surface area contributed by atoms with E-state index in [9.17, 15) is 9.59 Å². The second kappa shape index (κ2) is 4.40. The van der Waals surface area contributed by atoms with Crippen molar-refractivity contribution in [3.63, 3.8) is 0 Å². The van der Waals surface area contributed by atoms with Gasteiger partial charge in [0.2, 0.25) is 0 Å². The molecule has 1 saturated carbocycles. The lowest BCUT2D eigenvalue weighted by Crippen LogP contribution is -2.30. The van der Waals surface area contributed by atoms with Crippen molar-refractivity contribution in [2.24, 2.45) is 5.41 Å². The molecule has 1 aromatic rings.